The molecule has 0 saturated heterocycles. The molecule has 86 valence electrons. The molecule has 1 rings (SSSR count). The third kappa shape index (κ3) is 4.97. The summed E-state index contributed by atoms with van der Waals surface area (Å²) in [6.45, 7) is 5.13. The number of hydrogen-bond acceptors (Lipinski definition) is 3. The molecule has 1 aromatic heterocycles. The monoisotopic (exact) mass is 211 g/mol. The summed E-state index contributed by atoms with van der Waals surface area (Å²) in [6, 6.07) is 4.15. The summed E-state index contributed by atoms with van der Waals surface area (Å²) < 4.78 is 2.11. The molecule has 0 aliphatic carbocycles. The smallest absolute Gasteiger partial charge is 0.0636 e. The lowest BCUT2D eigenvalue weighted by molar-refractivity contribution is 0.191. The molecule has 0 unspecified atom stereocenters. The van der Waals surface area contributed by atoms with E-state index >= 15 is 0 Å². The Kier molecular flexibility index (Phi) is 5.39. The van der Waals surface area contributed by atoms with Gasteiger partial charge in [-0.05, 0) is 19.1 Å². The number of aliphatic hydroxyl groups excluding tert-OH is 1. The minimum absolute atomic E-state index is 0.266. The molecule has 0 spiro atoms. The molecule has 0 fully saturated rings. The first-order valence-corrected chi connectivity index (χ1v) is 5.40. The van der Waals surface area contributed by atoms with Crippen LogP contribution in [0.3, 0.4) is 0 Å². The van der Waals surface area contributed by atoms with Crippen LogP contribution in [0.2, 0.25) is 0 Å². The Morgan fingerprint density at radius 2 is 2.13 bits per heavy atom. The third-order valence-electron chi connectivity index (χ3n) is 2.28. The summed E-state index contributed by atoms with van der Waals surface area (Å²) in [5, 5.41) is 15.5. The number of aliphatic hydroxyl groups is 1. The summed E-state index contributed by atoms with van der Waals surface area (Å²) in [4.78, 5) is 0. The number of aromatic nitrogens is 1. The minimum atomic E-state index is -0.266. The Bertz CT molecular complexity index is 271. The molecule has 0 amide bonds. The first-order valence-electron chi connectivity index (χ1n) is 5.40. The van der Waals surface area contributed by atoms with Crippen LogP contribution in [0, 0.1) is 0 Å². The van der Waals surface area contributed by atoms with Crippen molar-refractivity contribution in [2.24, 2.45) is 7.05 Å². The first-order chi connectivity index (χ1) is 7.20. The average molecular weight is 211 g/mol. The van der Waals surface area contributed by atoms with Gasteiger partial charge >= 0.3 is 0 Å². The van der Waals surface area contributed by atoms with Gasteiger partial charge < -0.3 is 20.3 Å². The van der Waals surface area contributed by atoms with Gasteiger partial charge in [-0.15, -0.1) is 0 Å². The molecule has 1 heterocycles. The molecule has 1 atom stereocenters. The Morgan fingerprint density at radius 1 is 1.40 bits per heavy atom. The summed E-state index contributed by atoms with van der Waals surface area (Å²) in [5.41, 5.74) is 1.28. The first kappa shape index (κ1) is 12.2. The van der Waals surface area contributed by atoms with Crippen LogP contribution in [-0.2, 0) is 13.6 Å². The number of aryl methyl sites for hydroxylation is 1. The molecule has 3 N–H and O–H groups in total. The number of hydrogen-bond donors (Lipinski definition) is 3. The Hall–Kier alpha value is -0.840. The van der Waals surface area contributed by atoms with E-state index in [1.807, 2.05) is 19.3 Å². The van der Waals surface area contributed by atoms with Crippen molar-refractivity contribution in [3.05, 3.63) is 24.0 Å². The molecule has 1 aromatic rings. The lowest BCUT2D eigenvalue weighted by atomic mass is 10.4. The highest BCUT2D eigenvalue weighted by Crippen LogP contribution is 1.97. The van der Waals surface area contributed by atoms with Gasteiger partial charge in [0, 0.05) is 45.1 Å². The molecule has 0 aliphatic rings. The second-order valence-corrected chi connectivity index (χ2v) is 3.84. The van der Waals surface area contributed by atoms with Crippen LogP contribution in [0.25, 0.3) is 0 Å². The maximum atomic E-state index is 9.01. The molecule has 0 bridgehead atoms. The van der Waals surface area contributed by atoms with Gasteiger partial charge in [-0.1, -0.05) is 0 Å². The van der Waals surface area contributed by atoms with Crippen LogP contribution in [0.5, 0.6) is 0 Å². The number of nitrogens with zero attached hydrogens (tertiary/aromatic N) is 1. The highest BCUT2D eigenvalue weighted by Gasteiger charge is 1.96. The van der Waals surface area contributed by atoms with Crippen LogP contribution in [-0.4, -0.2) is 35.4 Å². The van der Waals surface area contributed by atoms with E-state index in [2.05, 4.69) is 21.3 Å². The average Bonchev–Trinajstić information content (AvgIpc) is 2.57. The van der Waals surface area contributed by atoms with Gasteiger partial charge in [-0.3, -0.25) is 0 Å². The molecule has 4 nitrogen and oxygen atoms in total. The summed E-state index contributed by atoms with van der Waals surface area (Å²) in [6.07, 6.45) is 1.78. The molecule has 4 heteroatoms. The quantitative estimate of drug-likeness (QED) is 0.560. The van der Waals surface area contributed by atoms with Crippen molar-refractivity contribution in [3.63, 3.8) is 0 Å². The Labute approximate surface area is 91.3 Å². The van der Waals surface area contributed by atoms with Gasteiger partial charge in [-0.2, -0.15) is 0 Å². The largest absolute Gasteiger partial charge is 0.392 e. The summed E-state index contributed by atoms with van der Waals surface area (Å²) in [7, 11) is 2.04. The van der Waals surface area contributed by atoms with Gasteiger partial charge in [-0.25, -0.2) is 0 Å². The van der Waals surface area contributed by atoms with Crippen molar-refractivity contribution in [1.82, 2.24) is 15.2 Å². The van der Waals surface area contributed by atoms with E-state index in [9.17, 15) is 0 Å². The predicted molar refractivity (Wildman–Crippen MR) is 61.7 cm³/mol. The molecular weight excluding hydrogens is 190 g/mol. The zero-order valence-corrected chi connectivity index (χ0v) is 9.53. The van der Waals surface area contributed by atoms with E-state index in [0.29, 0.717) is 6.54 Å². The predicted octanol–water partition coefficient (Wildman–Crippen LogP) is 0.0851. The van der Waals surface area contributed by atoms with Crippen molar-refractivity contribution >= 4 is 0 Å². The lowest BCUT2D eigenvalue weighted by Gasteiger charge is -2.08. The molecule has 0 saturated carbocycles. The molecule has 15 heavy (non-hydrogen) atoms. The van der Waals surface area contributed by atoms with Gasteiger partial charge in [0.1, 0.15) is 0 Å². The fraction of sp³-hybridized carbons (Fsp3) is 0.636. The van der Waals surface area contributed by atoms with E-state index in [1.165, 1.54) is 5.69 Å². The Morgan fingerprint density at radius 3 is 2.73 bits per heavy atom. The second-order valence-electron chi connectivity index (χ2n) is 3.84. The van der Waals surface area contributed by atoms with E-state index in [4.69, 9.17) is 5.11 Å². The molecule has 0 aliphatic heterocycles. The summed E-state index contributed by atoms with van der Waals surface area (Å²) >= 11 is 0. The summed E-state index contributed by atoms with van der Waals surface area (Å²) in [5.74, 6) is 0. The molecule has 0 aromatic carbocycles. The minimum Gasteiger partial charge on any atom is -0.392 e. The van der Waals surface area contributed by atoms with Crippen molar-refractivity contribution in [3.8, 4) is 0 Å². The third-order valence-corrected chi connectivity index (χ3v) is 2.28. The van der Waals surface area contributed by atoms with E-state index < -0.39 is 0 Å². The Balaban J connectivity index is 2.00. The van der Waals surface area contributed by atoms with E-state index in [1.54, 1.807) is 6.92 Å². The fourth-order valence-corrected chi connectivity index (χ4v) is 1.38. The van der Waals surface area contributed by atoms with Gasteiger partial charge in [0.15, 0.2) is 0 Å². The maximum Gasteiger partial charge on any atom is 0.0636 e. The molecular formula is C11H21N3O. The molecule has 0 radical (unpaired) electrons. The highest BCUT2D eigenvalue weighted by molar-refractivity contribution is 5.05. The van der Waals surface area contributed by atoms with Crippen LogP contribution in [0.1, 0.15) is 12.6 Å². The normalized spacial score (nSPS) is 13.0. The zero-order chi connectivity index (χ0) is 11.1. The van der Waals surface area contributed by atoms with E-state index in [0.717, 1.165) is 19.6 Å². The number of rotatable bonds is 7. The van der Waals surface area contributed by atoms with Crippen LogP contribution in [0.15, 0.2) is 18.3 Å². The van der Waals surface area contributed by atoms with Crippen molar-refractivity contribution in [1.29, 1.82) is 0 Å². The zero-order valence-electron chi connectivity index (χ0n) is 9.53. The number of nitrogens with one attached hydrogen (secondary N) is 2. The second kappa shape index (κ2) is 6.61. The van der Waals surface area contributed by atoms with E-state index in [-0.39, 0.29) is 6.10 Å². The van der Waals surface area contributed by atoms with Crippen molar-refractivity contribution in [2.45, 2.75) is 19.6 Å². The van der Waals surface area contributed by atoms with Crippen molar-refractivity contribution < 1.29 is 5.11 Å². The van der Waals surface area contributed by atoms with Crippen molar-refractivity contribution in [2.75, 3.05) is 19.6 Å². The van der Waals surface area contributed by atoms with Crippen LogP contribution < -0.4 is 10.6 Å². The van der Waals surface area contributed by atoms with Gasteiger partial charge in [0.05, 0.1) is 6.10 Å². The van der Waals surface area contributed by atoms with Crippen LogP contribution in [0.4, 0.5) is 0 Å². The van der Waals surface area contributed by atoms with Crippen LogP contribution >= 0.6 is 0 Å². The highest BCUT2D eigenvalue weighted by atomic mass is 16.3. The standard InChI is InChI=1S/C11H21N3O/c1-10(15)8-12-5-6-13-9-11-4-3-7-14(11)2/h3-4,7,10,12-13,15H,5-6,8-9H2,1-2H3/t10-/m1/s1. The fourth-order valence-electron chi connectivity index (χ4n) is 1.38. The lowest BCUT2D eigenvalue weighted by Crippen LogP contribution is -2.31. The topological polar surface area (TPSA) is 49.2 Å². The van der Waals surface area contributed by atoms with Gasteiger partial charge in [0.2, 0.25) is 0 Å². The van der Waals surface area contributed by atoms with Gasteiger partial charge in [0.25, 0.3) is 0 Å². The maximum absolute atomic E-state index is 9.01. The SMILES string of the molecule is C[C@@H](O)CNCCNCc1cccn1C.